The minimum atomic E-state index is 0.0268. The second kappa shape index (κ2) is 15.6. The first-order valence-corrected chi connectivity index (χ1v) is 11.8. The highest BCUT2D eigenvalue weighted by molar-refractivity contribution is 5.94. The summed E-state index contributed by atoms with van der Waals surface area (Å²) in [6, 6.07) is 13.8. The fraction of sp³-hybridized carbons (Fsp3) is 0.538. The molecule has 0 fully saturated rings. The van der Waals surface area contributed by atoms with E-state index in [0.29, 0.717) is 0 Å². The van der Waals surface area contributed by atoms with Crippen molar-refractivity contribution in [2.45, 2.75) is 84.2 Å². The van der Waals surface area contributed by atoms with E-state index in [1.165, 1.54) is 57.8 Å². The maximum Gasteiger partial charge on any atom is 0.251 e. The van der Waals surface area contributed by atoms with Gasteiger partial charge in [0.05, 0.1) is 5.69 Å². The van der Waals surface area contributed by atoms with Crippen molar-refractivity contribution in [3.8, 4) is 0 Å². The molecule has 2 N–H and O–H groups in total. The van der Waals surface area contributed by atoms with Crippen LogP contribution < -0.4 is 10.6 Å². The average Bonchev–Trinajstić information content (AvgIpc) is 2.78. The third-order valence-corrected chi connectivity index (χ3v) is 5.39. The maximum atomic E-state index is 12.3. The molecule has 1 aromatic carbocycles. The third kappa shape index (κ3) is 10.5. The number of hydrogen-bond acceptors (Lipinski definition) is 3. The number of benzene rings is 1. The van der Waals surface area contributed by atoms with Crippen LogP contribution in [-0.4, -0.2) is 17.4 Å². The van der Waals surface area contributed by atoms with Crippen molar-refractivity contribution < 1.29 is 4.79 Å². The zero-order valence-electron chi connectivity index (χ0n) is 18.7. The van der Waals surface area contributed by atoms with Gasteiger partial charge in [-0.25, -0.2) is 0 Å². The van der Waals surface area contributed by atoms with Gasteiger partial charge < -0.3 is 10.6 Å². The molecule has 0 aliphatic heterocycles. The minimum absolute atomic E-state index is 0.0268. The molecule has 2 aromatic rings. The lowest BCUT2D eigenvalue weighted by molar-refractivity contribution is 0.0953. The molecule has 1 amide bonds. The largest absolute Gasteiger partial charge is 0.352 e. The number of rotatable bonds is 16. The van der Waals surface area contributed by atoms with Crippen LogP contribution in [0.2, 0.25) is 0 Å². The average molecular weight is 410 g/mol. The molecule has 1 aromatic heterocycles. The van der Waals surface area contributed by atoms with E-state index in [0.717, 1.165) is 42.9 Å². The molecular weight excluding hydrogens is 370 g/mol. The van der Waals surface area contributed by atoms with Crippen molar-refractivity contribution in [1.29, 1.82) is 0 Å². The smallest absolute Gasteiger partial charge is 0.251 e. The Morgan fingerprint density at radius 1 is 0.800 bits per heavy atom. The van der Waals surface area contributed by atoms with E-state index in [9.17, 15) is 4.79 Å². The maximum absolute atomic E-state index is 12.3. The number of unbranched alkanes of at least 4 members (excludes halogenated alkanes) is 9. The number of aromatic nitrogens is 1. The lowest BCUT2D eigenvalue weighted by Gasteiger charge is -2.07. The molecule has 0 atom stereocenters. The number of pyridine rings is 1. The molecule has 0 spiro atoms. The Balaban J connectivity index is 1.51. The van der Waals surface area contributed by atoms with Gasteiger partial charge in [-0.15, -0.1) is 0 Å². The molecule has 0 aliphatic carbocycles. The molecule has 30 heavy (non-hydrogen) atoms. The van der Waals surface area contributed by atoms with Crippen LogP contribution in [0, 0.1) is 0 Å². The van der Waals surface area contributed by atoms with Crippen LogP contribution in [0.5, 0.6) is 0 Å². The van der Waals surface area contributed by atoms with Gasteiger partial charge in [-0.05, 0) is 36.2 Å². The lowest BCUT2D eigenvalue weighted by Crippen LogP contribution is -2.24. The van der Waals surface area contributed by atoms with E-state index in [1.54, 1.807) is 6.20 Å². The summed E-state index contributed by atoms with van der Waals surface area (Å²) in [7, 11) is 0. The van der Waals surface area contributed by atoms with E-state index in [1.807, 2.05) is 42.5 Å². The Bertz CT molecular complexity index is 685. The monoisotopic (exact) mass is 409 g/mol. The van der Waals surface area contributed by atoms with Crippen molar-refractivity contribution in [3.63, 3.8) is 0 Å². The Morgan fingerprint density at radius 3 is 2.10 bits per heavy atom. The summed E-state index contributed by atoms with van der Waals surface area (Å²) in [5.41, 5.74) is 2.92. The number of nitrogens with zero attached hydrogens (tertiary/aromatic N) is 1. The third-order valence-electron chi connectivity index (χ3n) is 5.39. The summed E-state index contributed by atoms with van der Waals surface area (Å²) in [5, 5.41) is 6.42. The van der Waals surface area contributed by atoms with Crippen molar-refractivity contribution in [1.82, 2.24) is 15.6 Å². The van der Waals surface area contributed by atoms with Crippen molar-refractivity contribution in [2.75, 3.05) is 6.54 Å². The molecule has 4 nitrogen and oxygen atoms in total. The zero-order chi connectivity index (χ0) is 21.3. The Labute approximate surface area is 182 Å². The second-order valence-electron chi connectivity index (χ2n) is 8.06. The Kier molecular flexibility index (Phi) is 12.5. The first kappa shape index (κ1) is 24.1. The van der Waals surface area contributed by atoms with E-state index in [4.69, 9.17) is 0 Å². The normalized spacial score (nSPS) is 10.8. The molecule has 0 bridgehead atoms. The summed E-state index contributed by atoms with van der Waals surface area (Å²) < 4.78 is 0. The van der Waals surface area contributed by atoms with E-state index < -0.39 is 0 Å². The molecule has 1 heterocycles. The van der Waals surface area contributed by atoms with Crippen LogP contribution in [0.3, 0.4) is 0 Å². The van der Waals surface area contributed by atoms with Crippen LogP contribution in [0.4, 0.5) is 0 Å². The molecular formula is C26H39N3O. The van der Waals surface area contributed by atoms with E-state index >= 15 is 0 Å². The quantitative estimate of drug-likeness (QED) is 0.333. The molecule has 0 saturated carbocycles. The first-order valence-electron chi connectivity index (χ1n) is 11.8. The SMILES string of the molecule is CCCCCCCCCCCCNC(=O)c1ccc(CNCc2ccccn2)cc1. The summed E-state index contributed by atoms with van der Waals surface area (Å²) in [6.07, 6.45) is 14.9. The molecule has 0 saturated heterocycles. The molecule has 0 unspecified atom stereocenters. The predicted molar refractivity (Wildman–Crippen MR) is 125 cm³/mol. The van der Waals surface area contributed by atoms with E-state index in [-0.39, 0.29) is 5.91 Å². The number of hydrogen-bond donors (Lipinski definition) is 2. The number of nitrogens with one attached hydrogen (secondary N) is 2. The van der Waals surface area contributed by atoms with Crippen LogP contribution in [0.1, 0.15) is 92.7 Å². The lowest BCUT2D eigenvalue weighted by atomic mass is 10.1. The predicted octanol–water partition coefficient (Wildman–Crippen LogP) is 6.02. The minimum Gasteiger partial charge on any atom is -0.352 e. The molecule has 0 radical (unpaired) electrons. The van der Waals surface area contributed by atoms with Gasteiger partial charge in [0, 0.05) is 31.4 Å². The highest BCUT2D eigenvalue weighted by atomic mass is 16.1. The molecule has 2 rings (SSSR count). The van der Waals surface area contributed by atoms with Crippen LogP contribution >= 0.6 is 0 Å². The molecule has 164 valence electrons. The van der Waals surface area contributed by atoms with Gasteiger partial charge in [0.1, 0.15) is 0 Å². The van der Waals surface area contributed by atoms with Crippen molar-refractivity contribution in [2.24, 2.45) is 0 Å². The molecule has 4 heteroatoms. The van der Waals surface area contributed by atoms with Gasteiger partial charge in [-0.3, -0.25) is 9.78 Å². The van der Waals surface area contributed by atoms with E-state index in [2.05, 4.69) is 22.5 Å². The van der Waals surface area contributed by atoms with Gasteiger partial charge in [0.25, 0.3) is 5.91 Å². The second-order valence-corrected chi connectivity index (χ2v) is 8.06. The van der Waals surface area contributed by atoms with Gasteiger partial charge in [-0.1, -0.05) is 82.9 Å². The topological polar surface area (TPSA) is 54.0 Å². The van der Waals surface area contributed by atoms with Gasteiger partial charge in [0.15, 0.2) is 0 Å². The Morgan fingerprint density at radius 2 is 1.47 bits per heavy atom. The standard InChI is InChI=1S/C26H39N3O/c1-2-3-4-5-6-7-8-9-10-12-20-29-26(30)24-17-15-23(16-18-24)21-27-22-25-14-11-13-19-28-25/h11,13-19,27H,2-10,12,20-22H2,1H3,(H,29,30). The summed E-state index contributed by atoms with van der Waals surface area (Å²) >= 11 is 0. The number of amides is 1. The van der Waals surface area contributed by atoms with Crippen LogP contribution in [0.15, 0.2) is 48.7 Å². The van der Waals surface area contributed by atoms with Crippen LogP contribution in [-0.2, 0) is 13.1 Å². The molecule has 0 aliphatic rings. The highest BCUT2D eigenvalue weighted by Gasteiger charge is 2.04. The van der Waals surface area contributed by atoms with Crippen molar-refractivity contribution >= 4 is 5.91 Å². The number of carbonyl (C=O) groups is 1. The zero-order valence-corrected chi connectivity index (χ0v) is 18.7. The van der Waals surface area contributed by atoms with Gasteiger partial charge in [-0.2, -0.15) is 0 Å². The first-order chi connectivity index (χ1) is 14.8. The highest BCUT2D eigenvalue weighted by Crippen LogP contribution is 2.10. The van der Waals surface area contributed by atoms with Gasteiger partial charge in [0.2, 0.25) is 0 Å². The summed E-state index contributed by atoms with van der Waals surface area (Å²) in [6.45, 7) is 4.53. The van der Waals surface area contributed by atoms with Gasteiger partial charge >= 0.3 is 0 Å². The fourth-order valence-corrected chi connectivity index (χ4v) is 3.53. The summed E-state index contributed by atoms with van der Waals surface area (Å²) in [5.74, 6) is 0.0268. The fourth-order valence-electron chi connectivity index (χ4n) is 3.53. The summed E-state index contributed by atoms with van der Waals surface area (Å²) in [4.78, 5) is 16.6. The number of carbonyl (C=O) groups excluding carboxylic acids is 1. The van der Waals surface area contributed by atoms with Crippen LogP contribution in [0.25, 0.3) is 0 Å². The Hall–Kier alpha value is -2.20. The van der Waals surface area contributed by atoms with Crippen molar-refractivity contribution in [3.05, 3.63) is 65.5 Å².